The lowest BCUT2D eigenvalue weighted by Gasteiger charge is -2.41. The summed E-state index contributed by atoms with van der Waals surface area (Å²) in [6.45, 7) is 9.23. The molecule has 1 aliphatic rings. The summed E-state index contributed by atoms with van der Waals surface area (Å²) in [5.41, 5.74) is 1.57. The highest BCUT2D eigenvalue weighted by atomic mass is 16.5. The van der Waals surface area contributed by atoms with Crippen LogP contribution < -0.4 is 10.1 Å². The average molecular weight is 262 g/mol. The zero-order valence-electron chi connectivity index (χ0n) is 12.4. The fraction of sp³-hybridized carbons (Fsp3) is 0.625. The number of hydrogen-bond acceptors (Lipinski definition) is 3. The van der Waals surface area contributed by atoms with Gasteiger partial charge in [0.2, 0.25) is 0 Å². The molecule has 1 aromatic carbocycles. The van der Waals surface area contributed by atoms with Gasteiger partial charge in [-0.1, -0.05) is 18.2 Å². The predicted molar refractivity (Wildman–Crippen MR) is 79.8 cm³/mol. The van der Waals surface area contributed by atoms with Crippen LogP contribution >= 0.6 is 0 Å². The van der Waals surface area contributed by atoms with Crippen molar-refractivity contribution in [1.82, 2.24) is 10.2 Å². The van der Waals surface area contributed by atoms with Gasteiger partial charge in [0.15, 0.2) is 0 Å². The molecule has 3 heteroatoms. The standard InChI is InChI=1S/C16H26N2O/c1-16(2,18-12-10-17-11-13-18)9-8-14-6-4-5-7-15(14)19-3/h4-7,17H,8-13H2,1-3H3. The molecule has 0 spiro atoms. The summed E-state index contributed by atoms with van der Waals surface area (Å²) in [6.07, 6.45) is 2.23. The Balaban J connectivity index is 1.96. The van der Waals surface area contributed by atoms with E-state index < -0.39 is 0 Å². The summed E-state index contributed by atoms with van der Waals surface area (Å²) in [4.78, 5) is 2.60. The second-order valence-electron chi connectivity index (χ2n) is 5.86. The van der Waals surface area contributed by atoms with Gasteiger partial charge in [-0.25, -0.2) is 0 Å². The largest absolute Gasteiger partial charge is 0.496 e. The van der Waals surface area contributed by atoms with E-state index in [1.807, 2.05) is 12.1 Å². The zero-order chi connectivity index (χ0) is 13.7. The van der Waals surface area contributed by atoms with Crippen molar-refractivity contribution >= 4 is 0 Å². The van der Waals surface area contributed by atoms with E-state index in [-0.39, 0.29) is 5.54 Å². The Hall–Kier alpha value is -1.06. The molecule has 3 nitrogen and oxygen atoms in total. The van der Waals surface area contributed by atoms with E-state index in [0.717, 1.165) is 44.8 Å². The van der Waals surface area contributed by atoms with Crippen molar-refractivity contribution in [2.45, 2.75) is 32.2 Å². The lowest BCUT2D eigenvalue weighted by Crippen LogP contribution is -2.53. The first-order valence-corrected chi connectivity index (χ1v) is 7.21. The minimum Gasteiger partial charge on any atom is -0.496 e. The van der Waals surface area contributed by atoms with Gasteiger partial charge in [-0.05, 0) is 38.3 Å². The van der Waals surface area contributed by atoms with Crippen LogP contribution in [0.25, 0.3) is 0 Å². The number of piperazine rings is 1. The predicted octanol–water partition coefficient (Wildman–Crippen LogP) is 2.31. The molecule has 1 heterocycles. The first-order valence-electron chi connectivity index (χ1n) is 7.21. The van der Waals surface area contributed by atoms with E-state index >= 15 is 0 Å². The van der Waals surface area contributed by atoms with Crippen molar-refractivity contribution in [3.63, 3.8) is 0 Å². The lowest BCUT2D eigenvalue weighted by molar-refractivity contribution is 0.0958. The first-order chi connectivity index (χ1) is 9.13. The van der Waals surface area contributed by atoms with Crippen molar-refractivity contribution in [2.24, 2.45) is 0 Å². The van der Waals surface area contributed by atoms with E-state index in [9.17, 15) is 0 Å². The lowest BCUT2D eigenvalue weighted by atomic mass is 9.92. The Labute approximate surface area is 116 Å². The number of para-hydroxylation sites is 1. The van der Waals surface area contributed by atoms with Crippen molar-refractivity contribution in [2.75, 3.05) is 33.3 Å². The molecule has 0 atom stereocenters. The van der Waals surface area contributed by atoms with Crippen LogP contribution in [-0.4, -0.2) is 43.7 Å². The summed E-state index contributed by atoms with van der Waals surface area (Å²) in [6, 6.07) is 8.35. The Bertz CT molecular complexity index is 397. The number of benzene rings is 1. The van der Waals surface area contributed by atoms with Gasteiger partial charge in [-0.2, -0.15) is 0 Å². The van der Waals surface area contributed by atoms with E-state index in [1.54, 1.807) is 7.11 Å². The molecule has 19 heavy (non-hydrogen) atoms. The number of methoxy groups -OCH3 is 1. The fourth-order valence-corrected chi connectivity index (χ4v) is 2.78. The maximum absolute atomic E-state index is 5.43. The van der Waals surface area contributed by atoms with Gasteiger partial charge in [-0.3, -0.25) is 4.90 Å². The van der Waals surface area contributed by atoms with Crippen LogP contribution in [0.15, 0.2) is 24.3 Å². The molecular weight excluding hydrogens is 236 g/mol. The van der Waals surface area contributed by atoms with Crippen LogP contribution in [0.5, 0.6) is 5.75 Å². The number of ether oxygens (including phenoxy) is 1. The molecular formula is C16H26N2O. The third-order valence-electron chi connectivity index (χ3n) is 4.17. The Kier molecular flexibility index (Phi) is 4.83. The van der Waals surface area contributed by atoms with Crippen LogP contribution in [0.4, 0.5) is 0 Å². The van der Waals surface area contributed by atoms with Crippen LogP contribution in [0.3, 0.4) is 0 Å². The van der Waals surface area contributed by atoms with Crippen LogP contribution in [0.2, 0.25) is 0 Å². The summed E-state index contributed by atoms with van der Waals surface area (Å²) in [5.74, 6) is 1.01. The smallest absolute Gasteiger partial charge is 0.122 e. The number of rotatable bonds is 5. The van der Waals surface area contributed by atoms with Crippen molar-refractivity contribution < 1.29 is 4.74 Å². The van der Waals surface area contributed by atoms with Gasteiger partial charge in [0.25, 0.3) is 0 Å². The maximum atomic E-state index is 5.43. The number of nitrogens with zero attached hydrogens (tertiary/aromatic N) is 1. The number of nitrogens with one attached hydrogen (secondary N) is 1. The molecule has 1 N–H and O–H groups in total. The number of hydrogen-bond donors (Lipinski definition) is 1. The van der Waals surface area contributed by atoms with Gasteiger partial charge in [-0.15, -0.1) is 0 Å². The molecule has 1 saturated heterocycles. The highest BCUT2D eigenvalue weighted by molar-refractivity contribution is 5.33. The Morgan fingerprint density at radius 1 is 1.21 bits per heavy atom. The molecule has 1 aromatic rings. The molecule has 2 rings (SSSR count). The Morgan fingerprint density at radius 3 is 2.58 bits per heavy atom. The van der Waals surface area contributed by atoms with Crippen molar-refractivity contribution in [3.05, 3.63) is 29.8 Å². The zero-order valence-corrected chi connectivity index (χ0v) is 12.4. The number of aryl methyl sites for hydroxylation is 1. The monoisotopic (exact) mass is 262 g/mol. The summed E-state index contributed by atoms with van der Waals surface area (Å²) < 4.78 is 5.43. The average Bonchev–Trinajstić information content (AvgIpc) is 2.46. The van der Waals surface area contributed by atoms with Gasteiger partial charge >= 0.3 is 0 Å². The summed E-state index contributed by atoms with van der Waals surface area (Å²) >= 11 is 0. The van der Waals surface area contributed by atoms with E-state index in [4.69, 9.17) is 4.74 Å². The molecule has 1 fully saturated rings. The normalized spacial score (nSPS) is 17.4. The molecule has 0 unspecified atom stereocenters. The molecule has 0 saturated carbocycles. The van der Waals surface area contributed by atoms with Gasteiger partial charge in [0, 0.05) is 31.7 Å². The fourth-order valence-electron chi connectivity index (χ4n) is 2.78. The molecule has 0 radical (unpaired) electrons. The van der Waals surface area contributed by atoms with Gasteiger partial charge < -0.3 is 10.1 Å². The van der Waals surface area contributed by atoms with E-state index in [1.165, 1.54) is 5.56 Å². The maximum Gasteiger partial charge on any atom is 0.122 e. The molecule has 1 aliphatic heterocycles. The third kappa shape index (κ3) is 3.71. The SMILES string of the molecule is COc1ccccc1CCC(C)(C)N1CCNCC1. The van der Waals surface area contributed by atoms with Crippen LogP contribution in [0, 0.1) is 0 Å². The highest BCUT2D eigenvalue weighted by Gasteiger charge is 2.27. The van der Waals surface area contributed by atoms with E-state index in [2.05, 4.69) is 36.2 Å². The summed E-state index contributed by atoms with van der Waals surface area (Å²) in [7, 11) is 1.75. The molecule has 0 amide bonds. The van der Waals surface area contributed by atoms with Crippen LogP contribution in [0.1, 0.15) is 25.8 Å². The van der Waals surface area contributed by atoms with E-state index in [0.29, 0.717) is 0 Å². The Morgan fingerprint density at radius 2 is 1.89 bits per heavy atom. The molecule has 0 aromatic heterocycles. The molecule has 0 aliphatic carbocycles. The minimum absolute atomic E-state index is 0.253. The second kappa shape index (κ2) is 6.40. The van der Waals surface area contributed by atoms with Crippen LogP contribution in [-0.2, 0) is 6.42 Å². The molecule has 0 bridgehead atoms. The minimum atomic E-state index is 0.253. The van der Waals surface area contributed by atoms with Crippen molar-refractivity contribution in [1.29, 1.82) is 0 Å². The third-order valence-corrected chi connectivity index (χ3v) is 4.17. The topological polar surface area (TPSA) is 24.5 Å². The molecule has 106 valence electrons. The first kappa shape index (κ1) is 14.4. The van der Waals surface area contributed by atoms with Gasteiger partial charge in [0.1, 0.15) is 5.75 Å². The van der Waals surface area contributed by atoms with Gasteiger partial charge in [0.05, 0.1) is 7.11 Å². The summed E-state index contributed by atoms with van der Waals surface area (Å²) in [5, 5.41) is 3.42. The second-order valence-corrected chi connectivity index (χ2v) is 5.86. The highest BCUT2D eigenvalue weighted by Crippen LogP contribution is 2.25. The van der Waals surface area contributed by atoms with Crippen molar-refractivity contribution in [3.8, 4) is 5.75 Å². The quantitative estimate of drug-likeness (QED) is 0.881.